The molecule has 0 aliphatic carbocycles. The lowest BCUT2D eigenvalue weighted by Crippen LogP contribution is -2.26. The molecule has 2 heterocycles. The number of hydrogen-bond acceptors (Lipinski definition) is 6. The molecule has 0 aliphatic heterocycles. The van der Waals surface area contributed by atoms with Crippen molar-refractivity contribution in [2.75, 3.05) is 11.4 Å². The number of hydrogen-bond donors (Lipinski definition) is 0. The van der Waals surface area contributed by atoms with Crippen LogP contribution in [0.5, 0.6) is 0 Å². The highest BCUT2D eigenvalue weighted by molar-refractivity contribution is 7.93. The van der Waals surface area contributed by atoms with Crippen molar-refractivity contribution in [1.29, 1.82) is 0 Å². The number of rotatable bonds is 5. The highest BCUT2D eigenvalue weighted by Gasteiger charge is 2.28. The number of anilines is 1. The van der Waals surface area contributed by atoms with Crippen molar-refractivity contribution in [3.63, 3.8) is 0 Å². The third-order valence-electron chi connectivity index (χ3n) is 4.84. The van der Waals surface area contributed by atoms with Crippen LogP contribution in [-0.4, -0.2) is 25.6 Å². The number of sulfonamides is 1. The highest BCUT2D eigenvalue weighted by atomic mass is 35.5. The first-order chi connectivity index (χ1) is 14.3. The first kappa shape index (κ1) is 20.6. The summed E-state index contributed by atoms with van der Waals surface area (Å²) in [5, 5.41) is 6.29. The SMILES string of the molecule is Cc1ccc(N(C)S(=O)(=O)c2ccsc2-c2nc(-c3ccc(Cl)cc3)no2)cc1C. The Morgan fingerprint density at radius 2 is 1.77 bits per heavy atom. The van der Waals surface area contributed by atoms with Crippen molar-refractivity contribution < 1.29 is 12.9 Å². The Hall–Kier alpha value is -2.68. The summed E-state index contributed by atoms with van der Waals surface area (Å²) < 4.78 is 33.3. The summed E-state index contributed by atoms with van der Waals surface area (Å²) in [5.41, 5.74) is 3.43. The van der Waals surface area contributed by atoms with Crippen LogP contribution < -0.4 is 4.31 Å². The second kappa shape index (κ2) is 7.86. The summed E-state index contributed by atoms with van der Waals surface area (Å²) in [4.78, 5) is 4.92. The van der Waals surface area contributed by atoms with Gasteiger partial charge in [-0.15, -0.1) is 11.3 Å². The van der Waals surface area contributed by atoms with Crippen LogP contribution in [0.2, 0.25) is 5.02 Å². The van der Waals surface area contributed by atoms with E-state index in [2.05, 4.69) is 10.1 Å². The normalized spacial score (nSPS) is 11.6. The fourth-order valence-electron chi connectivity index (χ4n) is 2.90. The summed E-state index contributed by atoms with van der Waals surface area (Å²) in [6, 6.07) is 14.1. The number of thiophene rings is 1. The molecule has 0 amide bonds. The van der Waals surface area contributed by atoms with Crippen LogP contribution in [0.4, 0.5) is 5.69 Å². The minimum atomic E-state index is -3.82. The van der Waals surface area contributed by atoms with E-state index in [4.69, 9.17) is 16.1 Å². The Balaban J connectivity index is 1.70. The van der Waals surface area contributed by atoms with Gasteiger partial charge in [0, 0.05) is 17.6 Å². The number of aromatic nitrogens is 2. The van der Waals surface area contributed by atoms with E-state index in [0.717, 1.165) is 16.7 Å². The highest BCUT2D eigenvalue weighted by Crippen LogP contribution is 2.35. The minimum Gasteiger partial charge on any atom is -0.333 e. The number of halogens is 1. The molecule has 154 valence electrons. The summed E-state index contributed by atoms with van der Waals surface area (Å²) in [6.45, 7) is 3.94. The van der Waals surface area contributed by atoms with E-state index in [1.165, 1.54) is 22.7 Å². The van der Waals surface area contributed by atoms with Gasteiger partial charge in [0.15, 0.2) is 0 Å². The van der Waals surface area contributed by atoms with Crippen LogP contribution in [0.3, 0.4) is 0 Å². The Kier molecular flexibility index (Phi) is 5.40. The Morgan fingerprint density at radius 1 is 1.03 bits per heavy atom. The molecular formula is C21H18ClN3O3S2. The van der Waals surface area contributed by atoms with Gasteiger partial charge in [0.1, 0.15) is 9.77 Å². The van der Waals surface area contributed by atoms with Crippen LogP contribution in [0.1, 0.15) is 11.1 Å². The van der Waals surface area contributed by atoms with Crippen LogP contribution >= 0.6 is 22.9 Å². The maximum atomic E-state index is 13.3. The first-order valence-corrected chi connectivity index (χ1v) is 11.7. The van der Waals surface area contributed by atoms with Gasteiger partial charge in [-0.2, -0.15) is 4.98 Å². The van der Waals surface area contributed by atoms with Gasteiger partial charge < -0.3 is 4.52 Å². The van der Waals surface area contributed by atoms with Crippen molar-refractivity contribution in [1.82, 2.24) is 10.1 Å². The molecule has 0 aliphatic rings. The van der Waals surface area contributed by atoms with Gasteiger partial charge in [0.2, 0.25) is 5.82 Å². The Morgan fingerprint density at radius 3 is 2.47 bits per heavy atom. The summed E-state index contributed by atoms with van der Waals surface area (Å²) in [6.07, 6.45) is 0. The molecule has 2 aromatic carbocycles. The minimum absolute atomic E-state index is 0.125. The van der Waals surface area contributed by atoms with Crippen molar-refractivity contribution in [2.24, 2.45) is 0 Å². The fraction of sp³-hybridized carbons (Fsp3) is 0.143. The van der Waals surface area contributed by atoms with E-state index in [0.29, 0.717) is 21.4 Å². The number of nitrogens with zero attached hydrogens (tertiary/aromatic N) is 3. The van der Waals surface area contributed by atoms with Gasteiger partial charge in [-0.05, 0) is 72.8 Å². The van der Waals surface area contributed by atoms with Crippen molar-refractivity contribution in [3.8, 4) is 22.2 Å². The number of aryl methyl sites for hydroxylation is 2. The molecule has 0 N–H and O–H groups in total. The van der Waals surface area contributed by atoms with Crippen molar-refractivity contribution in [2.45, 2.75) is 18.7 Å². The topological polar surface area (TPSA) is 76.3 Å². The Bertz CT molecular complexity index is 1310. The molecule has 0 radical (unpaired) electrons. The van der Waals surface area contributed by atoms with Gasteiger partial charge in [-0.3, -0.25) is 4.31 Å². The van der Waals surface area contributed by atoms with E-state index in [1.807, 2.05) is 26.0 Å². The lowest BCUT2D eigenvalue weighted by molar-refractivity contribution is 0.432. The zero-order valence-corrected chi connectivity index (χ0v) is 18.8. The average molecular weight is 460 g/mol. The molecule has 0 unspecified atom stereocenters. The molecule has 30 heavy (non-hydrogen) atoms. The maximum Gasteiger partial charge on any atom is 0.269 e. The van der Waals surface area contributed by atoms with E-state index >= 15 is 0 Å². The monoisotopic (exact) mass is 459 g/mol. The molecule has 0 saturated carbocycles. The van der Waals surface area contributed by atoms with E-state index < -0.39 is 10.0 Å². The van der Waals surface area contributed by atoms with Gasteiger partial charge >= 0.3 is 0 Å². The van der Waals surface area contributed by atoms with E-state index in [9.17, 15) is 8.42 Å². The van der Waals surface area contributed by atoms with Crippen LogP contribution in [0, 0.1) is 13.8 Å². The molecule has 2 aromatic heterocycles. The second-order valence-electron chi connectivity index (χ2n) is 6.79. The molecule has 4 rings (SSSR count). The van der Waals surface area contributed by atoms with E-state index in [-0.39, 0.29) is 10.8 Å². The summed E-state index contributed by atoms with van der Waals surface area (Å²) in [7, 11) is -2.28. The zero-order chi connectivity index (χ0) is 21.5. The Labute approximate surface area is 183 Å². The molecular weight excluding hydrogens is 442 g/mol. The smallest absolute Gasteiger partial charge is 0.269 e. The molecule has 0 spiro atoms. The van der Waals surface area contributed by atoms with Crippen LogP contribution in [0.15, 0.2) is 63.3 Å². The van der Waals surface area contributed by atoms with Gasteiger partial charge in [-0.1, -0.05) is 22.8 Å². The molecule has 6 nitrogen and oxygen atoms in total. The van der Waals surface area contributed by atoms with Gasteiger partial charge in [0.05, 0.1) is 5.69 Å². The maximum absolute atomic E-state index is 13.3. The summed E-state index contributed by atoms with van der Waals surface area (Å²) in [5.74, 6) is 0.517. The fourth-order valence-corrected chi connectivity index (χ4v) is 5.52. The molecule has 0 fully saturated rings. The molecule has 9 heteroatoms. The van der Waals surface area contributed by atoms with Crippen LogP contribution in [-0.2, 0) is 10.0 Å². The largest absolute Gasteiger partial charge is 0.333 e. The number of benzene rings is 2. The molecule has 4 aromatic rings. The lowest BCUT2D eigenvalue weighted by atomic mass is 10.1. The van der Waals surface area contributed by atoms with Crippen molar-refractivity contribution >= 4 is 38.6 Å². The van der Waals surface area contributed by atoms with Gasteiger partial charge in [0.25, 0.3) is 15.9 Å². The molecule has 0 atom stereocenters. The molecule has 0 saturated heterocycles. The summed E-state index contributed by atoms with van der Waals surface area (Å²) >= 11 is 7.16. The van der Waals surface area contributed by atoms with Crippen LogP contribution in [0.25, 0.3) is 22.2 Å². The zero-order valence-electron chi connectivity index (χ0n) is 16.5. The third kappa shape index (κ3) is 3.74. The standard InChI is InChI=1S/C21H18ClN3O3S2/c1-13-4-9-17(12-14(13)2)25(3)30(26,27)18-10-11-29-19(18)21-23-20(24-28-21)15-5-7-16(22)8-6-15/h4-12H,1-3H3. The van der Waals surface area contributed by atoms with E-state index in [1.54, 1.807) is 41.8 Å². The third-order valence-corrected chi connectivity index (χ3v) is 7.96. The van der Waals surface area contributed by atoms with Gasteiger partial charge in [-0.25, -0.2) is 8.42 Å². The predicted molar refractivity (Wildman–Crippen MR) is 120 cm³/mol. The lowest BCUT2D eigenvalue weighted by Gasteiger charge is -2.20. The quantitative estimate of drug-likeness (QED) is 0.390. The predicted octanol–water partition coefficient (Wildman–Crippen LogP) is 5.56. The van der Waals surface area contributed by atoms with Crippen molar-refractivity contribution in [3.05, 3.63) is 70.1 Å². The second-order valence-corrected chi connectivity index (χ2v) is 10.1. The first-order valence-electron chi connectivity index (χ1n) is 9.01. The average Bonchev–Trinajstić information content (AvgIpc) is 3.39. The molecule has 0 bridgehead atoms.